The van der Waals surface area contributed by atoms with Crippen LogP contribution in [0.15, 0.2) is 24.3 Å². The van der Waals surface area contributed by atoms with Crippen molar-refractivity contribution in [2.24, 2.45) is 5.92 Å². The SMILES string of the molecule is CC(C)(NC(=O)NC1CCC(C(=O)O)CC1)c1ccc(OC(F)(F)F)cc1. The van der Waals surface area contributed by atoms with Gasteiger partial charge in [0, 0.05) is 6.04 Å². The number of carboxylic acids is 1. The molecule has 0 atom stereocenters. The molecule has 0 aromatic heterocycles. The molecule has 27 heavy (non-hydrogen) atoms. The molecule has 1 aliphatic carbocycles. The highest BCUT2D eigenvalue weighted by molar-refractivity contribution is 5.75. The third-order valence-electron chi connectivity index (χ3n) is 4.65. The summed E-state index contributed by atoms with van der Waals surface area (Å²) < 4.78 is 40.5. The maximum Gasteiger partial charge on any atom is 0.573 e. The molecule has 1 saturated carbocycles. The molecule has 0 aliphatic heterocycles. The molecule has 6 nitrogen and oxygen atoms in total. The molecule has 9 heteroatoms. The van der Waals surface area contributed by atoms with Crippen LogP contribution in [0.5, 0.6) is 5.75 Å². The number of alkyl halides is 3. The lowest BCUT2D eigenvalue weighted by atomic mass is 9.86. The van der Waals surface area contributed by atoms with E-state index < -0.39 is 23.9 Å². The Morgan fingerprint density at radius 3 is 2.11 bits per heavy atom. The number of ether oxygens (including phenoxy) is 1. The van der Waals surface area contributed by atoms with Gasteiger partial charge in [-0.1, -0.05) is 12.1 Å². The van der Waals surface area contributed by atoms with Gasteiger partial charge in [-0.05, 0) is 57.2 Å². The van der Waals surface area contributed by atoms with Crippen LogP contribution in [-0.2, 0) is 10.3 Å². The largest absolute Gasteiger partial charge is 0.573 e. The zero-order valence-corrected chi connectivity index (χ0v) is 15.1. The zero-order chi connectivity index (χ0) is 20.2. The Hall–Kier alpha value is -2.45. The van der Waals surface area contributed by atoms with Gasteiger partial charge in [0.05, 0.1) is 11.5 Å². The molecule has 3 N–H and O–H groups in total. The fourth-order valence-corrected chi connectivity index (χ4v) is 3.14. The Bertz CT molecular complexity index is 666. The predicted octanol–water partition coefficient (Wildman–Crippen LogP) is 3.76. The van der Waals surface area contributed by atoms with Crippen LogP contribution in [0.4, 0.5) is 18.0 Å². The van der Waals surface area contributed by atoms with Crippen LogP contribution in [0.2, 0.25) is 0 Å². The highest BCUT2D eigenvalue weighted by atomic mass is 19.4. The second kappa shape index (κ2) is 8.06. The smallest absolute Gasteiger partial charge is 0.481 e. The number of carbonyl (C=O) groups is 2. The van der Waals surface area contributed by atoms with E-state index in [1.54, 1.807) is 13.8 Å². The Morgan fingerprint density at radius 1 is 1.07 bits per heavy atom. The summed E-state index contributed by atoms with van der Waals surface area (Å²) in [7, 11) is 0. The molecule has 1 aromatic rings. The number of nitrogens with one attached hydrogen (secondary N) is 2. The average Bonchev–Trinajstić information content (AvgIpc) is 2.53. The van der Waals surface area contributed by atoms with E-state index in [0.717, 1.165) is 0 Å². The first kappa shape index (κ1) is 20.9. The van der Waals surface area contributed by atoms with Gasteiger partial charge in [-0.2, -0.15) is 0 Å². The maximum atomic E-state index is 12.3. The molecule has 1 fully saturated rings. The van der Waals surface area contributed by atoms with Gasteiger partial charge >= 0.3 is 18.4 Å². The molecule has 0 saturated heterocycles. The molecule has 0 radical (unpaired) electrons. The van der Waals surface area contributed by atoms with Gasteiger partial charge in [0.2, 0.25) is 0 Å². The summed E-state index contributed by atoms with van der Waals surface area (Å²) in [4.78, 5) is 23.2. The molecule has 0 unspecified atom stereocenters. The second-order valence-corrected chi connectivity index (χ2v) is 7.18. The highest BCUT2D eigenvalue weighted by Gasteiger charge is 2.32. The van der Waals surface area contributed by atoms with Gasteiger partial charge in [0.25, 0.3) is 0 Å². The number of benzene rings is 1. The first-order valence-electron chi connectivity index (χ1n) is 8.64. The number of hydrogen-bond acceptors (Lipinski definition) is 3. The molecule has 1 aromatic carbocycles. The van der Waals surface area contributed by atoms with E-state index in [1.165, 1.54) is 24.3 Å². The van der Waals surface area contributed by atoms with Crippen molar-refractivity contribution in [1.29, 1.82) is 0 Å². The zero-order valence-electron chi connectivity index (χ0n) is 15.1. The predicted molar refractivity (Wildman–Crippen MR) is 91.2 cm³/mol. The van der Waals surface area contributed by atoms with Crippen LogP contribution in [-0.4, -0.2) is 29.5 Å². The van der Waals surface area contributed by atoms with Crippen LogP contribution in [0, 0.1) is 5.92 Å². The standard InChI is InChI=1S/C18H23F3N2O4/c1-17(2,12-5-9-14(10-6-12)27-18(19,20)21)23-16(26)22-13-7-3-11(4-8-13)15(24)25/h5-6,9-11,13H,3-4,7-8H2,1-2H3,(H,24,25)(H2,22,23,26). The van der Waals surface area contributed by atoms with E-state index >= 15 is 0 Å². The van der Waals surface area contributed by atoms with Crippen molar-refractivity contribution in [3.63, 3.8) is 0 Å². The van der Waals surface area contributed by atoms with Crippen molar-refractivity contribution in [3.8, 4) is 5.75 Å². The molecular formula is C18H23F3N2O4. The normalized spacial score (nSPS) is 20.6. The number of hydrogen-bond donors (Lipinski definition) is 3. The van der Waals surface area contributed by atoms with Crippen LogP contribution in [0.3, 0.4) is 0 Å². The third kappa shape index (κ3) is 6.33. The molecular weight excluding hydrogens is 365 g/mol. The van der Waals surface area contributed by atoms with Crippen LogP contribution in [0.25, 0.3) is 0 Å². The summed E-state index contributed by atoms with van der Waals surface area (Å²) in [5.74, 6) is -1.50. The van der Waals surface area contributed by atoms with E-state index in [4.69, 9.17) is 5.11 Å². The van der Waals surface area contributed by atoms with Crippen molar-refractivity contribution in [3.05, 3.63) is 29.8 Å². The van der Waals surface area contributed by atoms with E-state index in [-0.39, 0.29) is 17.7 Å². The molecule has 1 aliphatic rings. The quantitative estimate of drug-likeness (QED) is 0.717. The molecule has 0 spiro atoms. The van der Waals surface area contributed by atoms with Gasteiger partial charge in [-0.25, -0.2) is 4.79 Å². The molecule has 2 amide bonds. The summed E-state index contributed by atoms with van der Waals surface area (Å²) in [6.45, 7) is 3.46. The maximum absolute atomic E-state index is 12.3. The van der Waals surface area contributed by atoms with Gasteiger partial charge in [-0.15, -0.1) is 13.2 Å². The van der Waals surface area contributed by atoms with Gasteiger partial charge < -0.3 is 20.5 Å². The monoisotopic (exact) mass is 388 g/mol. The fourth-order valence-electron chi connectivity index (χ4n) is 3.14. The Labute approximate surface area is 155 Å². The first-order chi connectivity index (χ1) is 12.5. The number of urea groups is 1. The van der Waals surface area contributed by atoms with Gasteiger partial charge in [0.15, 0.2) is 0 Å². The van der Waals surface area contributed by atoms with Gasteiger partial charge in [-0.3, -0.25) is 4.79 Å². The van der Waals surface area contributed by atoms with E-state index in [0.29, 0.717) is 31.2 Å². The number of halogens is 3. The number of amides is 2. The summed E-state index contributed by atoms with van der Waals surface area (Å²) in [5.41, 5.74) is -0.208. The minimum absolute atomic E-state index is 0.0982. The number of carboxylic acid groups (broad SMARTS) is 1. The highest BCUT2D eigenvalue weighted by Crippen LogP contribution is 2.27. The van der Waals surface area contributed by atoms with Crippen molar-refractivity contribution < 1.29 is 32.6 Å². The van der Waals surface area contributed by atoms with Crippen LogP contribution in [0.1, 0.15) is 45.1 Å². The summed E-state index contributed by atoms with van der Waals surface area (Å²) in [5, 5.41) is 14.6. The van der Waals surface area contributed by atoms with E-state index in [2.05, 4.69) is 15.4 Å². The summed E-state index contributed by atoms with van der Waals surface area (Å²) in [6.07, 6.45) is -2.54. The van der Waals surface area contributed by atoms with Gasteiger partial charge in [0.1, 0.15) is 5.75 Å². The molecule has 150 valence electrons. The van der Waals surface area contributed by atoms with Crippen LogP contribution >= 0.6 is 0 Å². The Morgan fingerprint density at radius 2 is 1.63 bits per heavy atom. The topological polar surface area (TPSA) is 87.7 Å². The molecule has 2 rings (SSSR count). The van der Waals surface area contributed by atoms with E-state index in [1.807, 2.05) is 0 Å². The Kier molecular flexibility index (Phi) is 6.22. The minimum Gasteiger partial charge on any atom is -0.481 e. The van der Waals surface area contributed by atoms with Crippen molar-refractivity contribution >= 4 is 12.0 Å². The number of carbonyl (C=O) groups excluding carboxylic acids is 1. The fraction of sp³-hybridized carbons (Fsp3) is 0.556. The number of rotatable bonds is 5. The van der Waals surface area contributed by atoms with Crippen molar-refractivity contribution in [1.82, 2.24) is 10.6 Å². The lowest BCUT2D eigenvalue weighted by Gasteiger charge is -2.31. The van der Waals surface area contributed by atoms with Crippen LogP contribution < -0.4 is 15.4 Å². The van der Waals surface area contributed by atoms with E-state index in [9.17, 15) is 22.8 Å². The third-order valence-corrected chi connectivity index (χ3v) is 4.65. The lowest BCUT2D eigenvalue weighted by molar-refractivity contribution is -0.274. The molecule has 0 heterocycles. The molecule has 0 bridgehead atoms. The lowest BCUT2D eigenvalue weighted by Crippen LogP contribution is -2.50. The Balaban J connectivity index is 1.89. The average molecular weight is 388 g/mol. The summed E-state index contributed by atoms with van der Waals surface area (Å²) in [6, 6.07) is 4.79. The summed E-state index contributed by atoms with van der Waals surface area (Å²) >= 11 is 0. The number of aliphatic carboxylic acids is 1. The minimum atomic E-state index is -4.76. The first-order valence-corrected chi connectivity index (χ1v) is 8.64. The van der Waals surface area contributed by atoms with Crippen molar-refractivity contribution in [2.45, 2.75) is 57.5 Å². The van der Waals surface area contributed by atoms with Crippen molar-refractivity contribution in [2.75, 3.05) is 0 Å². The second-order valence-electron chi connectivity index (χ2n) is 7.18.